The first-order valence-electron chi connectivity index (χ1n) is 6.09. The first kappa shape index (κ1) is 13.1. The minimum Gasteiger partial charge on any atom is -0.376 e. The van der Waals surface area contributed by atoms with E-state index in [2.05, 4.69) is 20.8 Å². The molecular weight excluding hydrogens is 244 g/mol. The minimum atomic E-state index is -0.0657. The van der Waals surface area contributed by atoms with Gasteiger partial charge in [0.15, 0.2) is 5.82 Å². The van der Waals surface area contributed by atoms with Crippen LogP contribution in [0.4, 0.5) is 5.69 Å². The molecule has 0 spiro atoms. The quantitative estimate of drug-likeness (QED) is 0.814. The predicted octanol–water partition coefficient (Wildman–Crippen LogP) is 1.15. The molecule has 0 bridgehead atoms. The van der Waals surface area contributed by atoms with E-state index in [0.717, 1.165) is 5.69 Å². The maximum atomic E-state index is 11.6. The summed E-state index contributed by atoms with van der Waals surface area (Å²) >= 11 is 0. The number of anilines is 1. The molecule has 2 aromatic rings. The molecule has 0 saturated carbocycles. The molecule has 0 saturated heterocycles. The zero-order valence-electron chi connectivity index (χ0n) is 10.7. The summed E-state index contributed by atoms with van der Waals surface area (Å²) in [4.78, 5) is 15.6. The maximum Gasteiger partial charge on any atom is 0.239 e. The number of nitrogens with zero attached hydrogens (tertiary/aromatic N) is 2. The van der Waals surface area contributed by atoms with Gasteiger partial charge in [-0.05, 0) is 12.1 Å². The molecule has 19 heavy (non-hydrogen) atoms. The number of rotatable bonds is 6. The normalized spacial score (nSPS) is 10.2. The molecule has 100 valence electrons. The molecule has 6 nitrogen and oxygen atoms in total. The van der Waals surface area contributed by atoms with E-state index in [1.165, 1.54) is 0 Å². The lowest BCUT2D eigenvalue weighted by Gasteiger charge is -2.06. The lowest BCUT2D eigenvalue weighted by molar-refractivity contribution is -0.119. The van der Waals surface area contributed by atoms with Crippen LogP contribution in [0.5, 0.6) is 0 Å². The Balaban J connectivity index is 1.65. The highest BCUT2D eigenvalue weighted by Gasteiger charge is 2.04. The summed E-state index contributed by atoms with van der Waals surface area (Å²) in [5.41, 5.74) is 0.923. The van der Waals surface area contributed by atoms with E-state index in [1.54, 1.807) is 6.92 Å². The van der Waals surface area contributed by atoms with Gasteiger partial charge in [-0.2, -0.15) is 4.98 Å². The molecule has 0 radical (unpaired) electrons. The molecule has 0 aliphatic heterocycles. The number of aromatic nitrogens is 2. The molecular formula is C13H16N4O2. The van der Waals surface area contributed by atoms with E-state index >= 15 is 0 Å². The number of para-hydroxylation sites is 1. The van der Waals surface area contributed by atoms with E-state index in [0.29, 0.717) is 24.7 Å². The van der Waals surface area contributed by atoms with E-state index in [9.17, 15) is 4.79 Å². The average molecular weight is 260 g/mol. The summed E-state index contributed by atoms with van der Waals surface area (Å²) in [6.45, 7) is 2.47. The fourth-order valence-electron chi connectivity index (χ4n) is 1.56. The largest absolute Gasteiger partial charge is 0.376 e. The number of amides is 1. The van der Waals surface area contributed by atoms with E-state index in [1.807, 2.05) is 30.3 Å². The van der Waals surface area contributed by atoms with E-state index < -0.39 is 0 Å². The number of carbonyl (C=O) groups is 1. The lowest BCUT2D eigenvalue weighted by Crippen LogP contribution is -2.31. The average Bonchev–Trinajstić information content (AvgIpc) is 2.83. The Bertz CT molecular complexity index is 524. The van der Waals surface area contributed by atoms with Gasteiger partial charge in [-0.15, -0.1) is 0 Å². The number of benzene rings is 1. The number of hydrogen-bond donors (Lipinski definition) is 2. The minimum absolute atomic E-state index is 0.0657. The monoisotopic (exact) mass is 260 g/mol. The van der Waals surface area contributed by atoms with Gasteiger partial charge in [-0.1, -0.05) is 23.4 Å². The summed E-state index contributed by atoms with van der Waals surface area (Å²) in [6.07, 6.45) is 0.564. The second kappa shape index (κ2) is 6.53. The molecule has 1 aromatic heterocycles. The lowest BCUT2D eigenvalue weighted by atomic mass is 10.3. The van der Waals surface area contributed by atoms with E-state index in [-0.39, 0.29) is 12.5 Å². The van der Waals surface area contributed by atoms with Gasteiger partial charge in [0.1, 0.15) is 0 Å². The van der Waals surface area contributed by atoms with Crippen LogP contribution in [0.25, 0.3) is 0 Å². The van der Waals surface area contributed by atoms with E-state index in [4.69, 9.17) is 4.52 Å². The van der Waals surface area contributed by atoms with Crippen molar-refractivity contribution in [2.45, 2.75) is 13.3 Å². The summed E-state index contributed by atoms with van der Waals surface area (Å²) in [5.74, 6) is 1.07. The second-order valence-electron chi connectivity index (χ2n) is 4.05. The fourth-order valence-corrected chi connectivity index (χ4v) is 1.56. The van der Waals surface area contributed by atoms with Gasteiger partial charge in [0.25, 0.3) is 0 Å². The van der Waals surface area contributed by atoms with Crippen molar-refractivity contribution in [1.82, 2.24) is 15.5 Å². The van der Waals surface area contributed by atoms with Crippen LogP contribution >= 0.6 is 0 Å². The third-order valence-electron chi connectivity index (χ3n) is 2.47. The summed E-state index contributed by atoms with van der Waals surface area (Å²) < 4.78 is 4.84. The van der Waals surface area contributed by atoms with Crippen LogP contribution in [-0.4, -0.2) is 29.1 Å². The van der Waals surface area contributed by atoms with Crippen molar-refractivity contribution in [3.8, 4) is 0 Å². The van der Waals surface area contributed by atoms with Gasteiger partial charge in [0.05, 0.1) is 6.54 Å². The van der Waals surface area contributed by atoms with Crippen molar-refractivity contribution in [2.75, 3.05) is 18.4 Å². The van der Waals surface area contributed by atoms with Gasteiger partial charge in [0.2, 0.25) is 11.8 Å². The van der Waals surface area contributed by atoms with Crippen molar-refractivity contribution in [3.05, 3.63) is 42.0 Å². The summed E-state index contributed by atoms with van der Waals surface area (Å²) in [7, 11) is 0. The SMILES string of the molecule is Cc1nc(CCNC(=O)CNc2ccccc2)no1. The highest BCUT2D eigenvalue weighted by Crippen LogP contribution is 2.03. The molecule has 0 aliphatic rings. The molecule has 1 amide bonds. The summed E-state index contributed by atoms with van der Waals surface area (Å²) in [6, 6.07) is 9.58. The summed E-state index contributed by atoms with van der Waals surface area (Å²) in [5, 5.41) is 9.58. The van der Waals surface area contributed by atoms with Gasteiger partial charge in [-0.3, -0.25) is 4.79 Å². The zero-order valence-corrected chi connectivity index (χ0v) is 10.7. The Morgan fingerprint density at radius 2 is 2.11 bits per heavy atom. The third kappa shape index (κ3) is 4.42. The van der Waals surface area contributed by atoms with Crippen LogP contribution in [0.2, 0.25) is 0 Å². The Kier molecular flexibility index (Phi) is 4.49. The zero-order chi connectivity index (χ0) is 13.5. The van der Waals surface area contributed by atoms with Crippen molar-refractivity contribution in [2.24, 2.45) is 0 Å². The molecule has 0 fully saturated rings. The first-order chi connectivity index (χ1) is 9.24. The molecule has 2 N–H and O–H groups in total. The highest BCUT2D eigenvalue weighted by atomic mass is 16.5. The van der Waals surface area contributed by atoms with Gasteiger partial charge in [-0.25, -0.2) is 0 Å². The number of carbonyl (C=O) groups excluding carboxylic acids is 1. The van der Waals surface area contributed by atoms with Crippen molar-refractivity contribution in [3.63, 3.8) is 0 Å². The topological polar surface area (TPSA) is 80.0 Å². The fraction of sp³-hybridized carbons (Fsp3) is 0.308. The maximum absolute atomic E-state index is 11.6. The molecule has 0 aliphatic carbocycles. The van der Waals surface area contributed by atoms with Crippen LogP contribution in [0.1, 0.15) is 11.7 Å². The van der Waals surface area contributed by atoms with Crippen molar-refractivity contribution < 1.29 is 9.32 Å². The first-order valence-corrected chi connectivity index (χ1v) is 6.09. The van der Waals surface area contributed by atoms with Crippen LogP contribution in [-0.2, 0) is 11.2 Å². The number of aryl methyl sites for hydroxylation is 1. The van der Waals surface area contributed by atoms with Crippen molar-refractivity contribution in [1.29, 1.82) is 0 Å². The molecule has 6 heteroatoms. The molecule has 1 aromatic carbocycles. The highest BCUT2D eigenvalue weighted by molar-refractivity contribution is 5.80. The second-order valence-corrected chi connectivity index (χ2v) is 4.05. The Hall–Kier alpha value is -2.37. The Morgan fingerprint density at radius 3 is 2.79 bits per heavy atom. The Labute approximate surface area is 111 Å². The number of nitrogens with one attached hydrogen (secondary N) is 2. The standard InChI is InChI=1S/C13H16N4O2/c1-10-16-12(17-19-10)7-8-14-13(18)9-15-11-5-3-2-4-6-11/h2-6,15H,7-9H2,1H3,(H,14,18). The molecule has 1 heterocycles. The molecule has 0 unspecified atom stereocenters. The molecule has 0 atom stereocenters. The smallest absolute Gasteiger partial charge is 0.239 e. The van der Waals surface area contributed by atoms with Crippen LogP contribution in [0.15, 0.2) is 34.9 Å². The number of hydrogen-bond acceptors (Lipinski definition) is 5. The van der Waals surface area contributed by atoms with Gasteiger partial charge in [0, 0.05) is 25.6 Å². The molecule has 2 rings (SSSR count). The Morgan fingerprint density at radius 1 is 1.32 bits per heavy atom. The van der Waals surface area contributed by atoms with Gasteiger partial charge >= 0.3 is 0 Å². The van der Waals surface area contributed by atoms with Crippen molar-refractivity contribution >= 4 is 11.6 Å². The van der Waals surface area contributed by atoms with Gasteiger partial charge < -0.3 is 15.2 Å². The van der Waals surface area contributed by atoms with Crippen LogP contribution in [0.3, 0.4) is 0 Å². The predicted molar refractivity (Wildman–Crippen MR) is 70.7 cm³/mol. The third-order valence-corrected chi connectivity index (χ3v) is 2.47. The van der Waals surface area contributed by atoms with Crippen LogP contribution < -0.4 is 10.6 Å². The van der Waals surface area contributed by atoms with Crippen LogP contribution in [0, 0.1) is 6.92 Å².